The SMILES string of the molecule is COC(C)OC.O=Cc1ccsc1C=O. The molecule has 0 unspecified atom stereocenters. The van der Waals surface area contributed by atoms with Crippen LogP contribution in [0, 0.1) is 0 Å². The molecule has 0 amide bonds. The van der Waals surface area contributed by atoms with Crippen LogP contribution in [0.1, 0.15) is 27.0 Å². The van der Waals surface area contributed by atoms with E-state index >= 15 is 0 Å². The van der Waals surface area contributed by atoms with Crippen LogP contribution in [0.2, 0.25) is 0 Å². The van der Waals surface area contributed by atoms with Crippen molar-refractivity contribution < 1.29 is 19.1 Å². The third-order valence-electron chi connectivity index (χ3n) is 1.62. The summed E-state index contributed by atoms with van der Waals surface area (Å²) in [6, 6.07) is 1.63. The zero-order valence-electron chi connectivity index (χ0n) is 8.93. The Bertz CT molecular complexity index is 269. The quantitative estimate of drug-likeness (QED) is 0.586. The lowest BCUT2D eigenvalue weighted by atomic mass is 10.3. The Morgan fingerprint density at radius 2 is 1.87 bits per heavy atom. The number of thiophene rings is 1. The topological polar surface area (TPSA) is 52.6 Å². The second-order valence-electron chi connectivity index (χ2n) is 2.51. The Morgan fingerprint density at radius 3 is 2.13 bits per heavy atom. The van der Waals surface area contributed by atoms with Crippen LogP contribution >= 0.6 is 11.3 Å². The van der Waals surface area contributed by atoms with Gasteiger partial charge >= 0.3 is 0 Å². The highest BCUT2D eigenvalue weighted by Crippen LogP contribution is 2.10. The van der Waals surface area contributed by atoms with Crippen LogP contribution in [0.15, 0.2) is 11.4 Å². The Balaban J connectivity index is 0.000000288. The second kappa shape index (κ2) is 8.28. The summed E-state index contributed by atoms with van der Waals surface area (Å²) in [4.78, 5) is 20.7. The van der Waals surface area contributed by atoms with Crippen molar-refractivity contribution in [2.45, 2.75) is 13.2 Å². The highest BCUT2D eigenvalue weighted by atomic mass is 32.1. The van der Waals surface area contributed by atoms with Gasteiger partial charge in [-0.15, -0.1) is 11.3 Å². The van der Waals surface area contributed by atoms with Crippen molar-refractivity contribution in [1.82, 2.24) is 0 Å². The zero-order valence-corrected chi connectivity index (χ0v) is 9.74. The maximum absolute atomic E-state index is 10.1. The smallest absolute Gasteiger partial charge is 0.160 e. The molecule has 84 valence electrons. The molecule has 0 atom stereocenters. The summed E-state index contributed by atoms with van der Waals surface area (Å²) in [5.74, 6) is 0. The zero-order chi connectivity index (χ0) is 11.7. The molecule has 4 nitrogen and oxygen atoms in total. The van der Waals surface area contributed by atoms with Crippen LogP contribution in [0.3, 0.4) is 0 Å². The molecule has 0 radical (unpaired) electrons. The van der Waals surface area contributed by atoms with E-state index in [1.807, 2.05) is 6.92 Å². The average molecular weight is 230 g/mol. The fourth-order valence-corrected chi connectivity index (χ4v) is 1.29. The summed E-state index contributed by atoms with van der Waals surface area (Å²) >= 11 is 1.27. The third-order valence-corrected chi connectivity index (χ3v) is 2.48. The van der Waals surface area contributed by atoms with E-state index in [2.05, 4.69) is 9.47 Å². The second-order valence-corrected chi connectivity index (χ2v) is 3.46. The number of methoxy groups -OCH3 is 2. The number of rotatable bonds is 4. The molecule has 0 N–H and O–H groups in total. The number of ether oxygens (including phenoxy) is 2. The molecular formula is C10H14O4S. The van der Waals surface area contributed by atoms with Gasteiger partial charge in [-0.25, -0.2) is 0 Å². The fourth-order valence-electron chi connectivity index (χ4n) is 0.620. The van der Waals surface area contributed by atoms with Crippen molar-refractivity contribution in [1.29, 1.82) is 0 Å². The minimum Gasteiger partial charge on any atom is -0.356 e. The number of aldehydes is 2. The molecule has 0 bridgehead atoms. The van der Waals surface area contributed by atoms with Gasteiger partial charge in [0.1, 0.15) is 0 Å². The molecule has 0 aliphatic heterocycles. The first-order valence-corrected chi connectivity index (χ1v) is 5.11. The first-order valence-electron chi connectivity index (χ1n) is 4.23. The van der Waals surface area contributed by atoms with E-state index in [1.165, 1.54) is 11.3 Å². The maximum atomic E-state index is 10.1. The van der Waals surface area contributed by atoms with E-state index in [1.54, 1.807) is 25.7 Å². The third kappa shape index (κ3) is 5.41. The maximum Gasteiger partial charge on any atom is 0.160 e. The van der Waals surface area contributed by atoms with Gasteiger partial charge in [-0.2, -0.15) is 0 Å². The molecule has 0 aromatic carbocycles. The van der Waals surface area contributed by atoms with Crippen molar-refractivity contribution in [3.05, 3.63) is 21.9 Å². The number of carbonyl (C=O) groups is 2. The van der Waals surface area contributed by atoms with Crippen LogP contribution in [-0.2, 0) is 9.47 Å². The van der Waals surface area contributed by atoms with E-state index in [9.17, 15) is 9.59 Å². The van der Waals surface area contributed by atoms with E-state index < -0.39 is 0 Å². The Labute approximate surface area is 92.8 Å². The minimum absolute atomic E-state index is 0.0648. The van der Waals surface area contributed by atoms with Crippen molar-refractivity contribution >= 4 is 23.9 Å². The monoisotopic (exact) mass is 230 g/mol. The predicted octanol–water partition coefficient (Wildman–Crippen LogP) is 2.00. The molecular weight excluding hydrogens is 216 g/mol. The molecule has 0 spiro atoms. The first kappa shape index (κ1) is 14.0. The summed E-state index contributed by atoms with van der Waals surface area (Å²) < 4.78 is 9.35. The van der Waals surface area contributed by atoms with Gasteiger partial charge in [0, 0.05) is 19.8 Å². The Kier molecular flexibility index (Phi) is 7.71. The molecule has 15 heavy (non-hydrogen) atoms. The van der Waals surface area contributed by atoms with Crippen LogP contribution in [-0.4, -0.2) is 33.1 Å². The van der Waals surface area contributed by atoms with Gasteiger partial charge in [0.25, 0.3) is 0 Å². The largest absolute Gasteiger partial charge is 0.356 e. The molecule has 0 fully saturated rings. The summed E-state index contributed by atoms with van der Waals surface area (Å²) in [6.07, 6.45) is 1.30. The number of carbonyl (C=O) groups excluding carboxylic acids is 2. The van der Waals surface area contributed by atoms with Gasteiger partial charge in [0.05, 0.1) is 4.88 Å². The lowest BCUT2D eigenvalue weighted by molar-refractivity contribution is -0.0877. The number of hydrogen-bond donors (Lipinski definition) is 0. The molecule has 0 saturated carbocycles. The van der Waals surface area contributed by atoms with Gasteiger partial charge in [-0.3, -0.25) is 9.59 Å². The molecule has 0 saturated heterocycles. The van der Waals surface area contributed by atoms with Crippen LogP contribution in [0.5, 0.6) is 0 Å². The molecule has 1 heterocycles. The molecule has 0 aliphatic rings. The molecule has 1 rings (SSSR count). The van der Waals surface area contributed by atoms with E-state index in [-0.39, 0.29) is 6.29 Å². The molecule has 0 aliphatic carbocycles. The van der Waals surface area contributed by atoms with Gasteiger partial charge in [-0.05, 0) is 18.4 Å². The van der Waals surface area contributed by atoms with Crippen molar-refractivity contribution in [2.75, 3.05) is 14.2 Å². The summed E-state index contributed by atoms with van der Waals surface area (Å²) in [5, 5.41) is 1.72. The summed E-state index contributed by atoms with van der Waals surface area (Å²) in [5.41, 5.74) is 0.481. The summed E-state index contributed by atoms with van der Waals surface area (Å²) in [7, 11) is 3.21. The van der Waals surface area contributed by atoms with Crippen LogP contribution in [0.4, 0.5) is 0 Å². The molecule has 5 heteroatoms. The van der Waals surface area contributed by atoms with Gasteiger partial charge in [-0.1, -0.05) is 0 Å². The Morgan fingerprint density at radius 1 is 1.27 bits per heavy atom. The number of hydrogen-bond acceptors (Lipinski definition) is 5. The standard InChI is InChI=1S/C6H4O2S.C4H10O2/c7-3-5-1-2-9-6(5)4-8;1-4(5-2)6-3/h1-4H;4H,1-3H3. The van der Waals surface area contributed by atoms with Crippen LogP contribution in [0.25, 0.3) is 0 Å². The molecule has 1 aromatic rings. The average Bonchev–Trinajstić information content (AvgIpc) is 2.75. The van der Waals surface area contributed by atoms with Crippen LogP contribution < -0.4 is 0 Å². The van der Waals surface area contributed by atoms with E-state index in [4.69, 9.17) is 0 Å². The fraction of sp³-hybridized carbons (Fsp3) is 0.400. The van der Waals surface area contributed by atoms with Crippen molar-refractivity contribution in [3.63, 3.8) is 0 Å². The lowest BCUT2D eigenvalue weighted by Gasteiger charge is -2.03. The molecule has 1 aromatic heterocycles. The lowest BCUT2D eigenvalue weighted by Crippen LogP contribution is -2.05. The minimum atomic E-state index is -0.0648. The van der Waals surface area contributed by atoms with Crippen molar-refractivity contribution in [2.24, 2.45) is 0 Å². The van der Waals surface area contributed by atoms with Gasteiger partial charge in [0.15, 0.2) is 18.9 Å². The highest BCUT2D eigenvalue weighted by Gasteiger charge is 1.98. The normalized spacial score (nSPS) is 9.33. The van der Waals surface area contributed by atoms with Gasteiger partial charge in [0.2, 0.25) is 0 Å². The van der Waals surface area contributed by atoms with E-state index in [0.29, 0.717) is 23.0 Å². The van der Waals surface area contributed by atoms with Crippen molar-refractivity contribution in [3.8, 4) is 0 Å². The summed E-state index contributed by atoms with van der Waals surface area (Å²) in [6.45, 7) is 1.83. The highest BCUT2D eigenvalue weighted by molar-refractivity contribution is 7.12. The predicted molar refractivity (Wildman–Crippen MR) is 58.6 cm³/mol. The van der Waals surface area contributed by atoms with Gasteiger partial charge < -0.3 is 9.47 Å². The first-order chi connectivity index (χ1) is 7.19. The van der Waals surface area contributed by atoms with E-state index in [0.717, 1.165) is 0 Å². The Hall–Kier alpha value is -1.04.